The summed E-state index contributed by atoms with van der Waals surface area (Å²) >= 11 is 0. The Morgan fingerprint density at radius 1 is 1.14 bits per heavy atom. The number of nitrogens with one attached hydrogen (secondary N) is 1. The van der Waals surface area contributed by atoms with Gasteiger partial charge in [-0.05, 0) is 57.4 Å². The Morgan fingerprint density at radius 3 is 2.54 bits per heavy atom. The molecule has 0 unspecified atom stereocenters. The van der Waals surface area contributed by atoms with Crippen molar-refractivity contribution in [3.8, 4) is 0 Å². The molecule has 2 aromatic heterocycles. The molecule has 3 aromatic rings. The number of anilines is 1. The monoisotopic (exact) mass is 390 g/mol. The Kier molecular flexibility index (Phi) is 5.14. The lowest BCUT2D eigenvalue weighted by Gasteiger charge is -2.13. The Labute approximate surface area is 160 Å². The minimum atomic E-state index is -4.46. The first-order valence-electron chi connectivity index (χ1n) is 8.86. The maximum atomic E-state index is 13.0. The number of alkyl halides is 3. The summed E-state index contributed by atoms with van der Waals surface area (Å²) in [5.74, 6) is -0.354. The highest BCUT2D eigenvalue weighted by Crippen LogP contribution is 2.33. The second-order valence-electron chi connectivity index (χ2n) is 6.89. The molecule has 2 heterocycles. The maximum absolute atomic E-state index is 13.0. The molecule has 0 radical (unpaired) electrons. The van der Waals surface area contributed by atoms with Crippen molar-refractivity contribution >= 4 is 17.2 Å². The van der Waals surface area contributed by atoms with Gasteiger partial charge in [-0.2, -0.15) is 18.3 Å². The molecule has 8 heteroatoms. The van der Waals surface area contributed by atoms with Crippen LogP contribution in [-0.2, 0) is 17.4 Å². The van der Waals surface area contributed by atoms with Gasteiger partial charge in [0.2, 0.25) is 5.91 Å². The second kappa shape index (κ2) is 7.26. The first-order chi connectivity index (χ1) is 13.1. The normalized spacial score (nSPS) is 11.8. The van der Waals surface area contributed by atoms with Gasteiger partial charge in [-0.15, -0.1) is 0 Å². The quantitative estimate of drug-likeness (QED) is 0.711. The number of benzene rings is 1. The minimum absolute atomic E-state index is 0.116. The van der Waals surface area contributed by atoms with Gasteiger partial charge in [-0.25, -0.2) is 9.50 Å². The van der Waals surface area contributed by atoms with E-state index in [2.05, 4.69) is 15.4 Å². The van der Waals surface area contributed by atoms with Crippen LogP contribution in [0.3, 0.4) is 0 Å². The summed E-state index contributed by atoms with van der Waals surface area (Å²) in [6.07, 6.45) is -3.91. The lowest BCUT2D eigenvalue weighted by atomic mass is 10.1. The highest BCUT2D eigenvalue weighted by molar-refractivity contribution is 5.91. The average Bonchev–Trinajstić information content (AvgIpc) is 2.96. The molecule has 0 fully saturated rings. The second-order valence-corrected chi connectivity index (χ2v) is 6.89. The maximum Gasteiger partial charge on any atom is 0.416 e. The SMILES string of the molecule is Cc1cc2nc(C)c(CCC(=O)Nc3ccc(C)c(C(F)(F)F)c3)c(C)n2n1. The topological polar surface area (TPSA) is 59.3 Å². The molecular weight excluding hydrogens is 369 g/mol. The molecule has 148 valence electrons. The molecule has 0 saturated carbocycles. The predicted octanol–water partition coefficient (Wildman–Crippen LogP) is 4.55. The zero-order chi connectivity index (χ0) is 20.6. The number of amides is 1. The van der Waals surface area contributed by atoms with Crippen LogP contribution in [0.25, 0.3) is 5.65 Å². The molecule has 1 amide bonds. The van der Waals surface area contributed by atoms with Crippen LogP contribution in [0.2, 0.25) is 0 Å². The zero-order valence-corrected chi connectivity index (χ0v) is 16.1. The van der Waals surface area contributed by atoms with Gasteiger partial charge >= 0.3 is 6.18 Å². The number of rotatable bonds is 4. The molecule has 1 N–H and O–H groups in total. The van der Waals surface area contributed by atoms with Crippen LogP contribution in [0, 0.1) is 27.7 Å². The standard InChI is InChI=1S/C20H21F3N4O/c1-11-5-6-15(10-17(11)20(21,22)23)25-19(28)8-7-16-13(3)24-18-9-12(2)26-27(18)14(16)4/h5-6,9-10H,7-8H2,1-4H3,(H,25,28). The van der Waals surface area contributed by atoms with Crippen molar-refractivity contribution in [2.24, 2.45) is 0 Å². The molecule has 0 aliphatic carbocycles. The zero-order valence-electron chi connectivity index (χ0n) is 16.1. The number of hydrogen-bond acceptors (Lipinski definition) is 3. The van der Waals surface area contributed by atoms with Crippen molar-refractivity contribution in [3.63, 3.8) is 0 Å². The fourth-order valence-electron chi connectivity index (χ4n) is 3.27. The number of aromatic nitrogens is 3. The van der Waals surface area contributed by atoms with Crippen LogP contribution in [-0.4, -0.2) is 20.5 Å². The largest absolute Gasteiger partial charge is 0.416 e. The highest BCUT2D eigenvalue weighted by Gasteiger charge is 2.32. The first kappa shape index (κ1) is 19.9. The van der Waals surface area contributed by atoms with Crippen LogP contribution in [0.5, 0.6) is 0 Å². The van der Waals surface area contributed by atoms with Crippen molar-refractivity contribution in [1.29, 1.82) is 0 Å². The van der Waals surface area contributed by atoms with E-state index in [4.69, 9.17) is 0 Å². The van der Waals surface area contributed by atoms with Crippen LogP contribution in [0.15, 0.2) is 24.3 Å². The molecule has 0 aliphatic rings. The molecule has 1 aromatic carbocycles. The van der Waals surface area contributed by atoms with E-state index in [-0.39, 0.29) is 23.6 Å². The Morgan fingerprint density at radius 2 is 1.86 bits per heavy atom. The first-order valence-corrected chi connectivity index (χ1v) is 8.86. The lowest BCUT2D eigenvalue weighted by Crippen LogP contribution is -2.15. The molecule has 0 aliphatic heterocycles. The summed E-state index contributed by atoms with van der Waals surface area (Å²) in [4.78, 5) is 16.8. The van der Waals surface area contributed by atoms with Crippen LogP contribution >= 0.6 is 0 Å². The van der Waals surface area contributed by atoms with Crippen LogP contribution in [0.1, 0.15) is 40.2 Å². The van der Waals surface area contributed by atoms with Gasteiger partial charge < -0.3 is 5.32 Å². The third-order valence-electron chi connectivity index (χ3n) is 4.71. The summed E-state index contributed by atoms with van der Waals surface area (Å²) in [7, 11) is 0. The third-order valence-corrected chi connectivity index (χ3v) is 4.71. The molecule has 0 atom stereocenters. The minimum Gasteiger partial charge on any atom is -0.326 e. The van der Waals surface area contributed by atoms with Crippen LogP contribution < -0.4 is 5.32 Å². The molecule has 3 rings (SSSR count). The van der Waals surface area contributed by atoms with Crippen molar-refractivity contribution in [2.45, 2.75) is 46.7 Å². The van der Waals surface area contributed by atoms with Crippen molar-refractivity contribution < 1.29 is 18.0 Å². The molecule has 0 bridgehead atoms. The number of nitrogens with zero attached hydrogens (tertiary/aromatic N) is 3. The van der Waals surface area contributed by atoms with Gasteiger partial charge in [-0.1, -0.05) is 6.07 Å². The van der Waals surface area contributed by atoms with Gasteiger partial charge in [0.05, 0.1) is 11.3 Å². The van der Waals surface area contributed by atoms with E-state index in [0.29, 0.717) is 6.42 Å². The molecule has 5 nitrogen and oxygen atoms in total. The van der Waals surface area contributed by atoms with E-state index in [0.717, 1.165) is 34.4 Å². The number of carbonyl (C=O) groups excluding carboxylic acids is 1. The van der Waals surface area contributed by atoms with Gasteiger partial charge in [0.15, 0.2) is 5.65 Å². The van der Waals surface area contributed by atoms with Crippen molar-refractivity contribution in [3.05, 3.63) is 58.0 Å². The average molecular weight is 390 g/mol. The number of aryl methyl sites for hydroxylation is 4. The summed E-state index contributed by atoms with van der Waals surface area (Å²) in [6.45, 7) is 7.06. The summed E-state index contributed by atoms with van der Waals surface area (Å²) < 4.78 is 40.8. The van der Waals surface area contributed by atoms with E-state index in [9.17, 15) is 18.0 Å². The number of hydrogen-bond donors (Lipinski definition) is 1. The van der Waals surface area contributed by atoms with E-state index in [1.165, 1.54) is 19.1 Å². The molecule has 28 heavy (non-hydrogen) atoms. The number of halogens is 3. The van der Waals surface area contributed by atoms with Crippen LogP contribution in [0.4, 0.5) is 18.9 Å². The van der Waals surface area contributed by atoms with Crippen molar-refractivity contribution in [2.75, 3.05) is 5.32 Å². The smallest absolute Gasteiger partial charge is 0.326 e. The molecule has 0 saturated heterocycles. The van der Waals surface area contributed by atoms with E-state index >= 15 is 0 Å². The summed E-state index contributed by atoms with van der Waals surface area (Å²) in [5, 5.41) is 6.95. The van der Waals surface area contributed by atoms with E-state index in [1.54, 1.807) is 4.52 Å². The van der Waals surface area contributed by atoms with Gasteiger partial charge in [0.25, 0.3) is 0 Å². The predicted molar refractivity (Wildman–Crippen MR) is 100 cm³/mol. The molecule has 0 spiro atoms. The fourth-order valence-corrected chi connectivity index (χ4v) is 3.27. The Bertz CT molecular complexity index is 1050. The fraction of sp³-hybridized carbons (Fsp3) is 0.350. The molecular formula is C20H21F3N4O. The summed E-state index contributed by atoms with van der Waals surface area (Å²) in [5.41, 5.74) is 3.72. The Hall–Kier alpha value is -2.90. The number of fused-ring (bicyclic) bond motifs is 1. The van der Waals surface area contributed by atoms with Gasteiger partial charge in [-0.3, -0.25) is 4.79 Å². The van der Waals surface area contributed by atoms with E-state index < -0.39 is 11.7 Å². The summed E-state index contributed by atoms with van der Waals surface area (Å²) in [6, 6.07) is 5.67. The Balaban J connectivity index is 1.74. The third kappa shape index (κ3) is 4.00. The van der Waals surface area contributed by atoms with E-state index in [1.807, 2.05) is 26.8 Å². The van der Waals surface area contributed by atoms with Gasteiger partial charge in [0.1, 0.15) is 0 Å². The lowest BCUT2D eigenvalue weighted by molar-refractivity contribution is -0.138. The van der Waals surface area contributed by atoms with Gasteiger partial charge in [0, 0.05) is 29.6 Å². The highest BCUT2D eigenvalue weighted by atomic mass is 19.4. The number of carbonyl (C=O) groups is 1. The van der Waals surface area contributed by atoms with Crippen molar-refractivity contribution in [1.82, 2.24) is 14.6 Å².